The summed E-state index contributed by atoms with van der Waals surface area (Å²) < 4.78 is 0. The molecule has 19 heavy (non-hydrogen) atoms. The normalized spacial score (nSPS) is 25.1. The molecule has 98 valence electrons. The zero-order chi connectivity index (χ0) is 12.7. The first-order chi connectivity index (χ1) is 9.42. The monoisotopic (exact) mass is 287 g/mol. The molecule has 2 aromatic rings. The van der Waals surface area contributed by atoms with Crippen LogP contribution in [0.4, 0.5) is 0 Å². The molecule has 1 aliphatic carbocycles. The predicted molar refractivity (Wildman–Crippen MR) is 83.0 cm³/mol. The van der Waals surface area contributed by atoms with Crippen molar-refractivity contribution in [2.24, 2.45) is 0 Å². The molecule has 1 aliphatic heterocycles. The molecule has 0 amide bonds. The van der Waals surface area contributed by atoms with Crippen LogP contribution >= 0.6 is 23.1 Å². The van der Waals surface area contributed by atoms with E-state index in [2.05, 4.69) is 41.0 Å². The van der Waals surface area contributed by atoms with Crippen molar-refractivity contribution in [2.75, 3.05) is 5.75 Å². The van der Waals surface area contributed by atoms with Gasteiger partial charge in [-0.3, -0.25) is 0 Å². The summed E-state index contributed by atoms with van der Waals surface area (Å²) in [6.07, 6.45) is 3.89. The topological polar surface area (TPSA) is 12.0 Å². The van der Waals surface area contributed by atoms with E-state index in [0.717, 1.165) is 0 Å². The Kier molecular flexibility index (Phi) is 3.14. The van der Waals surface area contributed by atoms with Crippen LogP contribution in [0.2, 0.25) is 0 Å². The first-order valence-corrected chi connectivity index (χ1v) is 8.82. The summed E-state index contributed by atoms with van der Waals surface area (Å²) in [5.74, 6) is 1.18. The van der Waals surface area contributed by atoms with Gasteiger partial charge in [0.2, 0.25) is 0 Å². The van der Waals surface area contributed by atoms with Gasteiger partial charge in [-0.15, -0.1) is 23.1 Å². The predicted octanol–water partition coefficient (Wildman–Crippen LogP) is 4.56. The quantitative estimate of drug-likeness (QED) is 0.869. The molecule has 1 N–H and O–H groups in total. The second-order valence-electron chi connectivity index (χ2n) is 5.31. The average molecular weight is 287 g/mol. The summed E-state index contributed by atoms with van der Waals surface area (Å²) in [6.45, 7) is 0. The lowest BCUT2D eigenvalue weighted by molar-refractivity contribution is 0.422. The van der Waals surface area contributed by atoms with E-state index in [1.54, 1.807) is 10.4 Å². The minimum absolute atomic E-state index is 0.525. The van der Waals surface area contributed by atoms with Gasteiger partial charge in [0.1, 0.15) is 0 Å². The molecule has 2 heterocycles. The SMILES string of the molecule is c1ccc2c(c1)SCC2NC1CCCc2sccc21. The van der Waals surface area contributed by atoms with Crippen molar-refractivity contribution in [1.82, 2.24) is 5.32 Å². The smallest absolute Gasteiger partial charge is 0.0431 e. The highest BCUT2D eigenvalue weighted by molar-refractivity contribution is 7.99. The molecule has 4 rings (SSSR count). The molecule has 0 bridgehead atoms. The Balaban J connectivity index is 1.58. The molecule has 2 unspecified atom stereocenters. The number of benzene rings is 1. The second kappa shape index (κ2) is 4.97. The first-order valence-electron chi connectivity index (χ1n) is 6.96. The summed E-state index contributed by atoms with van der Waals surface area (Å²) in [4.78, 5) is 3.06. The van der Waals surface area contributed by atoms with Crippen LogP contribution in [0.1, 0.15) is 40.9 Å². The van der Waals surface area contributed by atoms with Gasteiger partial charge in [-0.2, -0.15) is 0 Å². The van der Waals surface area contributed by atoms with Gasteiger partial charge in [-0.1, -0.05) is 18.2 Å². The first kappa shape index (κ1) is 12.0. The molecule has 0 saturated carbocycles. The summed E-state index contributed by atoms with van der Waals surface area (Å²) in [6, 6.07) is 12.2. The Hall–Kier alpha value is -0.770. The highest BCUT2D eigenvalue weighted by atomic mass is 32.2. The minimum Gasteiger partial charge on any atom is -0.302 e. The molecule has 3 heteroatoms. The molecule has 1 nitrogen and oxygen atoms in total. The summed E-state index contributed by atoms with van der Waals surface area (Å²) >= 11 is 3.92. The Morgan fingerprint density at radius 2 is 2.00 bits per heavy atom. The standard InChI is InChI=1S/C16H17NS2/c1-2-6-16-11(4-1)14(10-19-16)17-13-5-3-7-15-12(13)8-9-18-15/h1-2,4,6,8-9,13-14,17H,3,5,7,10H2. The molecular weight excluding hydrogens is 270 g/mol. The fourth-order valence-corrected chi connectivity index (χ4v) is 5.36. The number of hydrogen-bond acceptors (Lipinski definition) is 3. The third kappa shape index (κ3) is 2.14. The number of fused-ring (bicyclic) bond motifs is 2. The average Bonchev–Trinajstić information content (AvgIpc) is 3.06. The van der Waals surface area contributed by atoms with E-state index >= 15 is 0 Å². The third-order valence-electron chi connectivity index (χ3n) is 4.15. The van der Waals surface area contributed by atoms with Gasteiger partial charge < -0.3 is 5.32 Å². The lowest BCUT2D eigenvalue weighted by Crippen LogP contribution is -2.28. The number of nitrogens with one attached hydrogen (secondary N) is 1. The van der Waals surface area contributed by atoms with Gasteiger partial charge in [0, 0.05) is 27.6 Å². The van der Waals surface area contributed by atoms with Crippen molar-refractivity contribution in [3.8, 4) is 0 Å². The largest absolute Gasteiger partial charge is 0.302 e. The lowest BCUT2D eigenvalue weighted by Gasteiger charge is -2.27. The minimum atomic E-state index is 0.525. The van der Waals surface area contributed by atoms with Crippen LogP contribution in [-0.4, -0.2) is 5.75 Å². The van der Waals surface area contributed by atoms with E-state index in [-0.39, 0.29) is 0 Å². The summed E-state index contributed by atoms with van der Waals surface area (Å²) in [5.41, 5.74) is 3.06. The van der Waals surface area contributed by atoms with Crippen LogP contribution in [0.5, 0.6) is 0 Å². The molecule has 1 aromatic carbocycles. The van der Waals surface area contributed by atoms with E-state index in [4.69, 9.17) is 0 Å². The molecule has 0 spiro atoms. The summed E-state index contributed by atoms with van der Waals surface area (Å²) in [5, 5.41) is 6.15. The maximum absolute atomic E-state index is 3.90. The second-order valence-corrected chi connectivity index (χ2v) is 7.37. The molecule has 0 saturated heterocycles. The van der Waals surface area contributed by atoms with Crippen molar-refractivity contribution in [3.63, 3.8) is 0 Å². The van der Waals surface area contributed by atoms with Crippen LogP contribution in [0.15, 0.2) is 40.6 Å². The van der Waals surface area contributed by atoms with Crippen LogP contribution < -0.4 is 5.32 Å². The van der Waals surface area contributed by atoms with E-state index in [0.29, 0.717) is 12.1 Å². The van der Waals surface area contributed by atoms with Crippen molar-refractivity contribution >= 4 is 23.1 Å². The number of rotatable bonds is 2. The van der Waals surface area contributed by atoms with Gasteiger partial charge in [0.15, 0.2) is 0 Å². The number of thioether (sulfide) groups is 1. The van der Waals surface area contributed by atoms with E-state index in [1.165, 1.54) is 35.5 Å². The zero-order valence-electron chi connectivity index (χ0n) is 10.8. The van der Waals surface area contributed by atoms with E-state index in [9.17, 15) is 0 Å². The molecule has 2 aliphatic rings. The van der Waals surface area contributed by atoms with Crippen molar-refractivity contribution in [2.45, 2.75) is 36.2 Å². The van der Waals surface area contributed by atoms with Crippen LogP contribution in [0, 0.1) is 0 Å². The fraction of sp³-hybridized carbons (Fsp3) is 0.375. The maximum Gasteiger partial charge on any atom is 0.0431 e. The highest BCUT2D eigenvalue weighted by Gasteiger charge is 2.28. The van der Waals surface area contributed by atoms with Gasteiger partial charge in [-0.25, -0.2) is 0 Å². The number of thiophene rings is 1. The Morgan fingerprint density at radius 3 is 3.00 bits per heavy atom. The summed E-state index contributed by atoms with van der Waals surface area (Å²) in [7, 11) is 0. The molecule has 1 aromatic heterocycles. The van der Waals surface area contributed by atoms with Crippen molar-refractivity contribution in [3.05, 3.63) is 51.7 Å². The zero-order valence-corrected chi connectivity index (χ0v) is 12.4. The molecule has 2 atom stereocenters. The molecule has 0 radical (unpaired) electrons. The van der Waals surface area contributed by atoms with Crippen molar-refractivity contribution < 1.29 is 0 Å². The van der Waals surface area contributed by atoms with Gasteiger partial charge in [-0.05, 0) is 47.9 Å². The van der Waals surface area contributed by atoms with Crippen molar-refractivity contribution in [1.29, 1.82) is 0 Å². The fourth-order valence-electron chi connectivity index (χ4n) is 3.20. The molecular formula is C16H17NS2. The van der Waals surface area contributed by atoms with Crippen LogP contribution in [0.3, 0.4) is 0 Å². The Labute approximate surface area is 122 Å². The Morgan fingerprint density at radius 1 is 1.05 bits per heavy atom. The van der Waals surface area contributed by atoms with Crippen LogP contribution in [-0.2, 0) is 6.42 Å². The third-order valence-corrected chi connectivity index (χ3v) is 6.33. The highest BCUT2D eigenvalue weighted by Crippen LogP contribution is 2.41. The van der Waals surface area contributed by atoms with Crippen LogP contribution in [0.25, 0.3) is 0 Å². The van der Waals surface area contributed by atoms with E-state index in [1.807, 2.05) is 23.1 Å². The molecule has 0 fully saturated rings. The lowest BCUT2D eigenvalue weighted by atomic mass is 9.93. The number of aryl methyl sites for hydroxylation is 1. The number of hydrogen-bond donors (Lipinski definition) is 1. The van der Waals surface area contributed by atoms with Gasteiger partial charge in [0.05, 0.1) is 0 Å². The van der Waals surface area contributed by atoms with Gasteiger partial charge in [0.25, 0.3) is 0 Å². The van der Waals surface area contributed by atoms with E-state index < -0.39 is 0 Å². The Bertz CT molecular complexity index is 590. The van der Waals surface area contributed by atoms with Gasteiger partial charge >= 0.3 is 0 Å². The maximum atomic E-state index is 3.90.